The van der Waals surface area contributed by atoms with Gasteiger partial charge < -0.3 is 10.6 Å². The van der Waals surface area contributed by atoms with E-state index in [-0.39, 0.29) is 0 Å². The molecule has 1 aromatic rings. The van der Waals surface area contributed by atoms with Gasteiger partial charge in [-0.2, -0.15) is 0 Å². The lowest BCUT2D eigenvalue weighted by atomic mass is 10.1. The molecule has 1 rings (SSSR count). The largest absolute Gasteiger partial charge is 0.374 e. The molecule has 2 nitrogen and oxygen atoms in total. The van der Waals surface area contributed by atoms with Crippen molar-refractivity contribution >= 4 is 21.6 Å². The fourth-order valence-electron chi connectivity index (χ4n) is 1.35. The van der Waals surface area contributed by atoms with E-state index in [2.05, 4.69) is 53.0 Å². The van der Waals surface area contributed by atoms with Gasteiger partial charge in [-0.3, -0.25) is 0 Å². The van der Waals surface area contributed by atoms with Crippen LogP contribution in [0, 0.1) is 0 Å². The lowest BCUT2D eigenvalue weighted by Crippen LogP contribution is -2.16. The van der Waals surface area contributed by atoms with Crippen LogP contribution in [0.15, 0.2) is 22.7 Å². The summed E-state index contributed by atoms with van der Waals surface area (Å²) >= 11 is 3.58. The summed E-state index contributed by atoms with van der Waals surface area (Å²) in [6, 6.07) is 6.42. The Kier molecular flexibility index (Phi) is 4.42. The summed E-state index contributed by atoms with van der Waals surface area (Å²) < 4.78 is 1.15. The van der Waals surface area contributed by atoms with Gasteiger partial charge in [0.25, 0.3) is 0 Å². The number of benzene rings is 1. The molecule has 0 heterocycles. The molecule has 0 spiro atoms. The maximum atomic E-state index is 5.51. The number of halogens is 1. The zero-order valence-corrected chi connectivity index (χ0v) is 10.3. The summed E-state index contributed by atoms with van der Waals surface area (Å²) in [7, 11) is 2.09. The van der Waals surface area contributed by atoms with E-state index in [0.717, 1.165) is 17.4 Å². The van der Waals surface area contributed by atoms with Crippen LogP contribution in [0.4, 0.5) is 5.69 Å². The molecule has 1 aromatic carbocycles. The number of hydrogen-bond donors (Lipinski definition) is 1. The Balaban J connectivity index is 2.89. The number of hydrogen-bond acceptors (Lipinski definition) is 2. The van der Waals surface area contributed by atoms with E-state index in [9.17, 15) is 0 Å². The quantitative estimate of drug-likeness (QED) is 0.897. The minimum atomic E-state index is 0.704. The summed E-state index contributed by atoms with van der Waals surface area (Å²) in [5.41, 5.74) is 8.02. The van der Waals surface area contributed by atoms with Crippen LogP contribution in [-0.4, -0.2) is 20.1 Å². The zero-order valence-electron chi connectivity index (χ0n) is 8.76. The van der Waals surface area contributed by atoms with Gasteiger partial charge >= 0.3 is 0 Å². The Morgan fingerprint density at radius 2 is 2.14 bits per heavy atom. The van der Waals surface area contributed by atoms with Crippen molar-refractivity contribution in [2.75, 3.05) is 25.0 Å². The average Bonchev–Trinajstić information content (AvgIpc) is 2.17. The van der Waals surface area contributed by atoms with Crippen LogP contribution < -0.4 is 10.6 Å². The van der Waals surface area contributed by atoms with E-state index in [1.165, 1.54) is 11.3 Å². The lowest BCUT2D eigenvalue weighted by Gasteiger charge is -2.19. The van der Waals surface area contributed by atoms with Crippen LogP contribution in [0.25, 0.3) is 0 Å². The average molecular weight is 257 g/mol. The monoisotopic (exact) mass is 256 g/mol. The number of anilines is 1. The highest BCUT2D eigenvalue weighted by molar-refractivity contribution is 9.10. The van der Waals surface area contributed by atoms with Gasteiger partial charge in [0.05, 0.1) is 5.69 Å². The zero-order chi connectivity index (χ0) is 10.6. The van der Waals surface area contributed by atoms with Crippen LogP contribution in [0.3, 0.4) is 0 Å². The van der Waals surface area contributed by atoms with Crippen LogP contribution in [-0.2, 0) is 6.42 Å². The molecular formula is C11H17BrN2. The Hall–Kier alpha value is -0.540. The van der Waals surface area contributed by atoms with E-state index >= 15 is 0 Å². The third-order valence-corrected chi connectivity index (χ3v) is 2.97. The summed E-state index contributed by atoms with van der Waals surface area (Å²) in [5, 5.41) is 0. The molecule has 0 saturated carbocycles. The first-order chi connectivity index (χ1) is 6.69. The van der Waals surface area contributed by atoms with Crippen molar-refractivity contribution in [3.05, 3.63) is 28.2 Å². The van der Waals surface area contributed by atoms with Crippen LogP contribution in [0.1, 0.15) is 12.5 Å². The predicted molar refractivity (Wildman–Crippen MR) is 65.8 cm³/mol. The SMILES string of the molecule is CCN(C)c1ccc(CCN)cc1Br. The van der Waals surface area contributed by atoms with E-state index in [1.54, 1.807) is 0 Å². The molecule has 0 aromatic heterocycles. The van der Waals surface area contributed by atoms with Crippen molar-refractivity contribution in [1.29, 1.82) is 0 Å². The van der Waals surface area contributed by atoms with E-state index < -0.39 is 0 Å². The first-order valence-electron chi connectivity index (χ1n) is 4.88. The van der Waals surface area contributed by atoms with Crippen molar-refractivity contribution < 1.29 is 0 Å². The highest BCUT2D eigenvalue weighted by Gasteiger charge is 2.04. The first-order valence-corrected chi connectivity index (χ1v) is 5.68. The van der Waals surface area contributed by atoms with Gasteiger partial charge in [0.1, 0.15) is 0 Å². The minimum Gasteiger partial charge on any atom is -0.374 e. The molecule has 0 fully saturated rings. The minimum absolute atomic E-state index is 0.704. The number of nitrogens with zero attached hydrogens (tertiary/aromatic N) is 1. The molecule has 0 aliphatic heterocycles. The van der Waals surface area contributed by atoms with Gasteiger partial charge in [0, 0.05) is 18.1 Å². The molecule has 3 heteroatoms. The van der Waals surface area contributed by atoms with E-state index in [1.807, 2.05) is 0 Å². The van der Waals surface area contributed by atoms with Gasteiger partial charge in [-0.15, -0.1) is 0 Å². The molecule has 14 heavy (non-hydrogen) atoms. The Labute approximate surface area is 94.2 Å². The third kappa shape index (κ3) is 2.72. The molecule has 0 atom stereocenters. The molecule has 0 bridgehead atoms. The first kappa shape index (κ1) is 11.5. The number of nitrogens with two attached hydrogens (primary N) is 1. The van der Waals surface area contributed by atoms with Crippen molar-refractivity contribution in [3.63, 3.8) is 0 Å². The normalized spacial score (nSPS) is 10.3. The summed E-state index contributed by atoms with van der Waals surface area (Å²) in [4.78, 5) is 2.20. The van der Waals surface area contributed by atoms with Crippen LogP contribution in [0.2, 0.25) is 0 Å². The van der Waals surface area contributed by atoms with Gasteiger partial charge in [0.2, 0.25) is 0 Å². The molecule has 0 radical (unpaired) electrons. The fraction of sp³-hybridized carbons (Fsp3) is 0.455. The highest BCUT2D eigenvalue weighted by atomic mass is 79.9. The summed E-state index contributed by atoms with van der Waals surface area (Å²) in [5.74, 6) is 0. The van der Waals surface area contributed by atoms with Gasteiger partial charge in [-0.1, -0.05) is 6.07 Å². The predicted octanol–water partition coefficient (Wildman–Crippen LogP) is 2.41. The second kappa shape index (κ2) is 5.37. The maximum absolute atomic E-state index is 5.51. The standard InChI is InChI=1S/C11H17BrN2/c1-3-14(2)11-5-4-9(6-7-13)8-10(11)12/h4-5,8H,3,6-7,13H2,1-2H3. The Bertz CT molecular complexity index is 299. The van der Waals surface area contributed by atoms with Gasteiger partial charge in [-0.05, 0) is 53.5 Å². The molecule has 0 saturated heterocycles. The molecule has 0 aliphatic carbocycles. The van der Waals surface area contributed by atoms with Crippen molar-refractivity contribution in [3.8, 4) is 0 Å². The van der Waals surface area contributed by atoms with E-state index in [4.69, 9.17) is 5.73 Å². The third-order valence-electron chi connectivity index (χ3n) is 2.33. The van der Waals surface area contributed by atoms with Crippen LogP contribution >= 0.6 is 15.9 Å². The molecule has 2 N–H and O–H groups in total. The lowest BCUT2D eigenvalue weighted by molar-refractivity contribution is 0.949. The van der Waals surface area contributed by atoms with E-state index in [0.29, 0.717) is 6.54 Å². The Morgan fingerprint density at radius 3 is 2.64 bits per heavy atom. The summed E-state index contributed by atoms with van der Waals surface area (Å²) in [6.07, 6.45) is 0.939. The fourth-order valence-corrected chi connectivity index (χ4v) is 2.08. The highest BCUT2D eigenvalue weighted by Crippen LogP contribution is 2.26. The van der Waals surface area contributed by atoms with Crippen molar-refractivity contribution in [2.45, 2.75) is 13.3 Å². The van der Waals surface area contributed by atoms with Crippen LogP contribution in [0.5, 0.6) is 0 Å². The van der Waals surface area contributed by atoms with Gasteiger partial charge in [0.15, 0.2) is 0 Å². The molecule has 78 valence electrons. The molecule has 0 amide bonds. The second-order valence-electron chi connectivity index (χ2n) is 3.34. The summed E-state index contributed by atoms with van der Waals surface area (Å²) in [6.45, 7) is 3.85. The van der Waals surface area contributed by atoms with Gasteiger partial charge in [-0.25, -0.2) is 0 Å². The maximum Gasteiger partial charge on any atom is 0.0508 e. The Morgan fingerprint density at radius 1 is 1.43 bits per heavy atom. The van der Waals surface area contributed by atoms with Crippen molar-refractivity contribution in [1.82, 2.24) is 0 Å². The van der Waals surface area contributed by atoms with Crippen molar-refractivity contribution in [2.24, 2.45) is 5.73 Å². The molecule has 0 aliphatic rings. The smallest absolute Gasteiger partial charge is 0.0508 e. The molecular weight excluding hydrogens is 240 g/mol. The molecule has 0 unspecified atom stereocenters. The number of rotatable bonds is 4. The second-order valence-corrected chi connectivity index (χ2v) is 4.19. The topological polar surface area (TPSA) is 29.3 Å².